The Morgan fingerprint density at radius 1 is 1.00 bits per heavy atom. The van der Waals surface area contributed by atoms with Crippen LogP contribution in [-0.4, -0.2) is 29.8 Å². The molecule has 6 heteroatoms. The number of aryl methyl sites for hydroxylation is 1. The zero-order valence-corrected chi connectivity index (χ0v) is 18.7. The minimum atomic E-state index is -0.636. The topological polar surface area (TPSA) is 61.4 Å². The number of hydrogen-bond acceptors (Lipinski definition) is 4. The fraction of sp³-hybridized carbons (Fsp3) is 0.280. The van der Waals surface area contributed by atoms with Gasteiger partial charge in [0, 0.05) is 30.2 Å². The largest absolute Gasteiger partial charge is 0.346 e. The quantitative estimate of drug-likeness (QED) is 0.593. The van der Waals surface area contributed by atoms with Crippen LogP contribution < -0.4 is 10.6 Å². The van der Waals surface area contributed by atoms with E-state index in [2.05, 4.69) is 51.2 Å². The van der Waals surface area contributed by atoms with Gasteiger partial charge < -0.3 is 10.6 Å². The van der Waals surface area contributed by atoms with E-state index in [1.165, 1.54) is 16.0 Å². The van der Waals surface area contributed by atoms with Crippen LogP contribution in [0.25, 0.3) is 0 Å². The number of fused-ring (bicyclic) bond motifs is 1. The summed E-state index contributed by atoms with van der Waals surface area (Å²) in [6.07, 6.45) is 0.985. The Morgan fingerprint density at radius 3 is 2.58 bits per heavy atom. The normalized spacial score (nSPS) is 14.5. The van der Waals surface area contributed by atoms with E-state index in [0.29, 0.717) is 12.2 Å². The number of thiophene rings is 1. The van der Waals surface area contributed by atoms with Crippen LogP contribution in [0.1, 0.15) is 33.2 Å². The first-order valence-electron chi connectivity index (χ1n) is 10.5. The molecule has 1 aliphatic heterocycles. The van der Waals surface area contributed by atoms with Gasteiger partial charge in [0.2, 0.25) is 0 Å². The predicted octanol–water partition coefficient (Wildman–Crippen LogP) is 4.22. The molecule has 31 heavy (non-hydrogen) atoms. The SMILES string of the molecule is Cc1cccc(NC(=O)C(=O)NC[C@@H](c2cccs2)N2CCc3ccccc3C2)c1C. The molecule has 2 heterocycles. The molecule has 4 rings (SSSR count). The predicted molar refractivity (Wildman–Crippen MR) is 125 cm³/mol. The van der Waals surface area contributed by atoms with E-state index in [1.54, 1.807) is 11.3 Å². The van der Waals surface area contributed by atoms with Crippen molar-refractivity contribution in [1.29, 1.82) is 0 Å². The van der Waals surface area contributed by atoms with Gasteiger partial charge in [-0.2, -0.15) is 0 Å². The summed E-state index contributed by atoms with van der Waals surface area (Å²) in [5.41, 5.74) is 5.42. The molecule has 0 unspecified atom stereocenters. The van der Waals surface area contributed by atoms with Crippen molar-refractivity contribution in [2.45, 2.75) is 32.9 Å². The van der Waals surface area contributed by atoms with Gasteiger partial charge in [0.15, 0.2) is 0 Å². The van der Waals surface area contributed by atoms with Crippen LogP contribution in [0.3, 0.4) is 0 Å². The summed E-state index contributed by atoms with van der Waals surface area (Å²) in [4.78, 5) is 28.6. The summed E-state index contributed by atoms with van der Waals surface area (Å²) in [6, 6.07) is 18.3. The molecule has 1 aromatic heterocycles. The van der Waals surface area contributed by atoms with Crippen LogP contribution in [0.4, 0.5) is 5.69 Å². The molecular weight excluding hydrogens is 406 g/mol. The second-order valence-electron chi connectivity index (χ2n) is 7.93. The van der Waals surface area contributed by atoms with Gasteiger partial charge in [0.05, 0.1) is 6.04 Å². The van der Waals surface area contributed by atoms with E-state index in [9.17, 15) is 9.59 Å². The minimum Gasteiger partial charge on any atom is -0.346 e. The minimum absolute atomic E-state index is 0.0332. The molecule has 0 saturated carbocycles. The van der Waals surface area contributed by atoms with Crippen LogP contribution in [0.5, 0.6) is 0 Å². The fourth-order valence-electron chi connectivity index (χ4n) is 4.01. The standard InChI is InChI=1S/C25H27N3O2S/c1-17-7-5-10-21(18(17)2)27-25(30)24(29)26-15-22(23-11-6-14-31-23)28-13-12-19-8-3-4-9-20(19)16-28/h3-11,14,22H,12-13,15-16H2,1-2H3,(H,26,29)(H,27,30)/t22-/m0/s1. The molecule has 2 amide bonds. The summed E-state index contributed by atoms with van der Waals surface area (Å²) in [6.45, 7) is 6.06. The Morgan fingerprint density at radius 2 is 1.81 bits per heavy atom. The van der Waals surface area contributed by atoms with Crippen molar-refractivity contribution < 1.29 is 9.59 Å². The number of hydrogen-bond donors (Lipinski definition) is 2. The molecule has 0 bridgehead atoms. The smallest absolute Gasteiger partial charge is 0.313 e. The highest BCUT2D eigenvalue weighted by atomic mass is 32.1. The van der Waals surface area contributed by atoms with Crippen molar-refractivity contribution in [3.63, 3.8) is 0 Å². The lowest BCUT2D eigenvalue weighted by Crippen LogP contribution is -2.43. The van der Waals surface area contributed by atoms with E-state index in [0.717, 1.165) is 30.6 Å². The molecule has 0 fully saturated rings. The highest BCUT2D eigenvalue weighted by molar-refractivity contribution is 7.10. The molecule has 0 spiro atoms. The maximum Gasteiger partial charge on any atom is 0.313 e. The monoisotopic (exact) mass is 433 g/mol. The number of carbonyl (C=O) groups is 2. The van der Waals surface area contributed by atoms with E-state index in [1.807, 2.05) is 38.1 Å². The average molecular weight is 434 g/mol. The molecule has 0 aliphatic carbocycles. The van der Waals surface area contributed by atoms with Gasteiger partial charge in [-0.15, -0.1) is 11.3 Å². The van der Waals surface area contributed by atoms with Gasteiger partial charge in [0.25, 0.3) is 0 Å². The molecular formula is C25H27N3O2S. The van der Waals surface area contributed by atoms with Crippen LogP contribution in [0.2, 0.25) is 0 Å². The van der Waals surface area contributed by atoms with Crippen molar-refractivity contribution in [1.82, 2.24) is 10.2 Å². The summed E-state index contributed by atoms with van der Waals surface area (Å²) in [5.74, 6) is -1.25. The first-order chi connectivity index (χ1) is 15.0. The van der Waals surface area contributed by atoms with E-state index in [-0.39, 0.29) is 6.04 Å². The van der Waals surface area contributed by atoms with Gasteiger partial charge in [-0.1, -0.05) is 42.5 Å². The second-order valence-corrected chi connectivity index (χ2v) is 8.91. The highest BCUT2D eigenvalue weighted by Crippen LogP contribution is 2.30. The Bertz CT molecular complexity index is 1080. The third kappa shape index (κ3) is 4.86. The van der Waals surface area contributed by atoms with Crippen molar-refractivity contribution in [3.8, 4) is 0 Å². The third-order valence-corrected chi connectivity index (χ3v) is 6.96. The van der Waals surface area contributed by atoms with Crippen molar-refractivity contribution >= 4 is 28.8 Å². The molecule has 0 radical (unpaired) electrons. The van der Waals surface area contributed by atoms with Gasteiger partial charge in [-0.25, -0.2) is 0 Å². The van der Waals surface area contributed by atoms with Crippen molar-refractivity contribution in [3.05, 3.63) is 87.1 Å². The van der Waals surface area contributed by atoms with Crippen LogP contribution in [0.15, 0.2) is 60.0 Å². The van der Waals surface area contributed by atoms with Gasteiger partial charge >= 0.3 is 11.8 Å². The summed E-state index contributed by atoms with van der Waals surface area (Å²) >= 11 is 1.68. The van der Waals surface area contributed by atoms with E-state index in [4.69, 9.17) is 0 Å². The number of amides is 2. The molecule has 1 aliphatic rings. The number of carbonyl (C=O) groups excluding carboxylic acids is 2. The lowest BCUT2D eigenvalue weighted by Gasteiger charge is -2.35. The zero-order chi connectivity index (χ0) is 21.8. The van der Waals surface area contributed by atoms with Crippen LogP contribution in [0, 0.1) is 13.8 Å². The fourth-order valence-corrected chi connectivity index (χ4v) is 4.87. The van der Waals surface area contributed by atoms with E-state index < -0.39 is 11.8 Å². The first kappa shape index (κ1) is 21.3. The number of rotatable bonds is 5. The van der Waals surface area contributed by atoms with E-state index >= 15 is 0 Å². The van der Waals surface area contributed by atoms with Gasteiger partial charge in [-0.05, 0) is 60.0 Å². The summed E-state index contributed by atoms with van der Waals surface area (Å²) in [7, 11) is 0. The molecule has 5 nitrogen and oxygen atoms in total. The molecule has 0 saturated heterocycles. The van der Waals surface area contributed by atoms with Gasteiger partial charge in [0.1, 0.15) is 0 Å². The van der Waals surface area contributed by atoms with Crippen molar-refractivity contribution in [2.75, 3.05) is 18.4 Å². The van der Waals surface area contributed by atoms with Gasteiger partial charge in [-0.3, -0.25) is 14.5 Å². The van der Waals surface area contributed by atoms with Crippen molar-refractivity contribution in [2.24, 2.45) is 0 Å². The molecule has 3 aromatic rings. The Kier molecular flexibility index (Phi) is 6.49. The number of benzene rings is 2. The van der Waals surface area contributed by atoms with Crippen LogP contribution >= 0.6 is 11.3 Å². The third-order valence-electron chi connectivity index (χ3n) is 5.99. The summed E-state index contributed by atoms with van der Waals surface area (Å²) < 4.78 is 0. The Labute approximate surface area is 187 Å². The second kappa shape index (κ2) is 9.45. The number of nitrogens with one attached hydrogen (secondary N) is 2. The lowest BCUT2D eigenvalue weighted by molar-refractivity contribution is -0.136. The molecule has 1 atom stereocenters. The molecule has 160 valence electrons. The zero-order valence-electron chi connectivity index (χ0n) is 17.9. The molecule has 2 N–H and O–H groups in total. The highest BCUT2D eigenvalue weighted by Gasteiger charge is 2.27. The lowest BCUT2D eigenvalue weighted by atomic mass is 9.98. The maximum absolute atomic E-state index is 12.6. The number of anilines is 1. The first-order valence-corrected chi connectivity index (χ1v) is 11.4. The molecule has 2 aromatic carbocycles. The Balaban J connectivity index is 1.43. The average Bonchev–Trinajstić information content (AvgIpc) is 3.31. The maximum atomic E-state index is 12.6. The Hall–Kier alpha value is -2.96. The summed E-state index contributed by atoms with van der Waals surface area (Å²) in [5, 5.41) is 7.65. The van der Waals surface area contributed by atoms with Crippen LogP contribution in [-0.2, 0) is 22.6 Å². The number of nitrogens with zero attached hydrogens (tertiary/aromatic N) is 1.